The summed E-state index contributed by atoms with van der Waals surface area (Å²) < 4.78 is 7.71. The Labute approximate surface area is 185 Å². The molecule has 1 aliphatic heterocycles. The van der Waals surface area contributed by atoms with Gasteiger partial charge in [-0.2, -0.15) is 0 Å². The lowest BCUT2D eigenvalue weighted by atomic mass is 10.2. The quantitative estimate of drug-likeness (QED) is 0.543. The van der Waals surface area contributed by atoms with Crippen molar-refractivity contribution in [3.05, 3.63) is 64.9 Å². The maximum atomic E-state index is 10.9. The number of aromatic nitrogens is 1. The molecule has 0 bridgehead atoms. The van der Waals surface area contributed by atoms with Gasteiger partial charge in [0.15, 0.2) is 5.76 Å². The molecule has 0 unspecified atom stereocenters. The molecule has 2 N–H and O–H groups in total. The minimum absolute atomic E-state index is 0.0417. The number of carboxylic acid groups (broad SMARTS) is 1. The van der Waals surface area contributed by atoms with Gasteiger partial charge in [0.2, 0.25) is 0 Å². The van der Waals surface area contributed by atoms with Crippen LogP contribution in [0.1, 0.15) is 31.5 Å². The molecule has 0 amide bonds. The molecule has 1 aromatic heterocycles. The zero-order chi connectivity index (χ0) is 22.1. The number of nitrogens with one attached hydrogen (secondary N) is 1. The van der Waals surface area contributed by atoms with Crippen LogP contribution in [0.15, 0.2) is 48.7 Å². The van der Waals surface area contributed by atoms with Crippen molar-refractivity contribution < 1.29 is 19.5 Å². The standard InChI is InChI=1S/C23H24ClN3O4/c1-14(2)30-21-8-4-15(12-19(21)24)22-13-27(25-31-22)18-5-7-20-16(11-18)10-17(26(20)3)6-9-23(28)29/h4-5,7-8,10-14,25H,6,9H2,1-3H3,(H,28,29). The van der Waals surface area contributed by atoms with Gasteiger partial charge in [-0.3, -0.25) is 4.79 Å². The number of aryl methyl sites for hydroxylation is 2. The van der Waals surface area contributed by atoms with Crippen LogP contribution in [0.3, 0.4) is 0 Å². The summed E-state index contributed by atoms with van der Waals surface area (Å²) in [7, 11) is 1.95. The first kappa shape index (κ1) is 21.1. The Morgan fingerprint density at radius 3 is 2.74 bits per heavy atom. The molecular weight excluding hydrogens is 418 g/mol. The van der Waals surface area contributed by atoms with Crippen molar-refractivity contribution >= 4 is 39.9 Å². The predicted molar refractivity (Wildman–Crippen MR) is 121 cm³/mol. The molecule has 0 atom stereocenters. The fraction of sp³-hybridized carbons (Fsp3) is 0.261. The Hall–Kier alpha value is -3.16. The van der Waals surface area contributed by atoms with E-state index in [-0.39, 0.29) is 12.5 Å². The average Bonchev–Trinajstić information content (AvgIpc) is 3.33. The first-order valence-corrected chi connectivity index (χ1v) is 10.4. The van der Waals surface area contributed by atoms with Gasteiger partial charge >= 0.3 is 5.97 Å². The lowest BCUT2D eigenvalue weighted by Gasteiger charge is -2.14. The maximum Gasteiger partial charge on any atom is 0.303 e. The largest absolute Gasteiger partial charge is 0.489 e. The summed E-state index contributed by atoms with van der Waals surface area (Å²) in [6.07, 6.45) is 2.49. The normalized spacial score (nSPS) is 13.6. The van der Waals surface area contributed by atoms with E-state index in [2.05, 4.69) is 5.59 Å². The molecular formula is C23H24ClN3O4. The molecule has 4 rings (SSSR count). The first-order valence-electron chi connectivity index (χ1n) is 10.0. The van der Waals surface area contributed by atoms with Crippen LogP contribution in [0.2, 0.25) is 5.02 Å². The number of rotatable bonds is 7. The molecule has 2 heterocycles. The van der Waals surface area contributed by atoms with Crippen molar-refractivity contribution in [1.29, 1.82) is 0 Å². The van der Waals surface area contributed by atoms with Crippen LogP contribution in [0.5, 0.6) is 5.75 Å². The number of benzene rings is 2. The monoisotopic (exact) mass is 441 g/mol. The first-order chi connectivity index (χ1) is 14.8. The van der Waals surface area contributed by atoms with Crippen molar-refractivity contribution in [2.24, 2.45) is 7.05 Å². The molecule has 3 aromatic rings. The van der Waals surface area contributed by atoms with E-state index in [4.69, 9.17) is 26.3 Å². The van der Waals surface area contributed by atoms with Crippen molar-refractivity contribution in [3.63, 3.8) is 0 Å². The second-order valence-electron chi connectivity index (χ2n) is 7.70. The van der Waals surface area contributed by atoms with Crippen molar-refractivity contribution in [1.82, 2.24) is 10.2 Å². The van der Waals surface area contributed by atoms with Gasteiger partial charge in [0.25, 0.3) is 0 Å². The number of hydrazine groups is 1. The van der Waals surface area contributed by atoms with Crippen molar-refractivity contribution in [3.8, 4) is 5.75 Å². The Balaban J connectivity index is 1.56. The predicted octanol–water partition coefficient (Wildman–Crippen LogP) is 4.89. The van der Waals surface area contributed by atoms with Gasteiger partial charge in [0.05, 0.1) is 29.4 Å². The molecule has 31 heavy (non-hydrogen) atoms. The van der Waals surface area contributed by atoms with E-state index in [0.29, 0.717) is 23.0 Å². The van der Waals surface area contributed by atoms with Gasteiger partial charge in [0.1, 0.15) is 5.75 Å². The summed E-state index contributed by atoms with van der Waals surface area (Å²) in [5, 5.41) is 12.3. The highest BCUT2D eigenvalue weighted by Crippen LogP contribution is 2.32. The van der Waals surface area contributed by atoms with E-state index in [1.54, 1.807) is 5.01 Å². The van der Waals surface area contributed by atoms with Gasteiger partial charge in [-0.1, -0.05) is 17.2 Å². The minimum Gasteiger partial charge on any atom is -0.489 e. The van der Waals surface area contributed by atoms with Gasteiger partial charge in [0, 0.05) is 29.2 Å². The van der Waals surface area contributed by atoms with Crippen molar-refractivity contribution in [2.45, 2.75) is 32.8 Å². The second-order valence-corrected chi connectivity index (χ2v) is 8.11. The Morgan fingerprint density at radius 2 is 2.03 bits per heavy atom. The number of carbonyl (C=O) groups is 1. The molecule has 0 fully saturated rings. The lowest BCUT2D eigenvalue weighted by molar-refractivity contribution is -0.136. The number of fused-ring (bicyclic) bond motifs is 1. The third kappa shape index (κ3) is 4.47. The van der Waals surface area contributed by atoms with E-state index in [0.717, 1.165) is 27.8 Å². The number of carboxylic acids is 1. The fourth-order valence-corrected chi connectivity index (χ4v) is 3.78. The molecule has 0 aliphatic carbocycles. The number of hydrogen-bond donors (Lipinski definition) is 2. The third-order valence-electron chi connectivity index (χ3n) is 5.08. The highest BCUT2D eigenvalue weighted by molar-refractivity contribution is 6.32. The minimum atomic E-state index is -0.800. The van der Waals surface area contributed by atoms with Crippen LogP contribution in [-0.4, -0.2) is 21.7 Å². The highest BCUT2D eigenvalue weighted by atomic mass is 35.5. The van der Waals surface area contributed by atoms with E-state index < -0.39 is 5.97 Å². The van der Waals surface area contributed by atoms with Crippen LogP contribution in [0, 0.1) is 0 Å². The number of ether oxygens (including phenoxy) is 1. The van der Waals surface area contributed by atoms with Crippen molar-refractivity contribution in [2.75, 3.05) is 5.01 Å². The maximum absolute atomic E-state index is 10.9. The Bertz CT molecular complexity index is 1170. The molecule has 2 aromatic carbocycles. The van der Waals surface area contributed by atoms with E-state index >= 15 is 0 Å². The topological polar surface area (TPSA) is 76.0 Å². The molecule has 0 radical (unpaired) electrons. The van der Waals surface area contributed by atoms with Gasteiger partial charge in [-0.05, 0) is 62.7 Å². The zero-order valence-corrected chi connectivity index (χ0v) is 18.3. The molecule has 0 saturated carbocycles. The molecule has 1 aliphatic rings. The van der Waals surface area contributed by atoms with Crippen LogP contribution >= 0.6 is 11.6 Å². The fourth-order valence-electron chi connectivity index (χ4n) is 3.55. The molecule has 0 spiro atoms. The SMILES string of the molecule is CC(C)Oc1ccc(C2=CN(c3ccc4c(c3)cc(CCC(=O)O)n4C)NO2)cc1Cl. The zero-order valence-electron chi connectivity index (χ0n) is 17.6. The summed E-state index contributed by atoms with van der Waals surface area (Å²) >= 11 is 6.35. The van der Waals surface area contributed by atoms with Crippen LogP contribution < -0.4 is 15.3 Å². The summed E-state index contributed by atoms with van der Waals surface area (Å²) in [5.74, 6) is 0.469. The lowest BCUT2D eigenvalue weighted by Crippen LogP contribution is -2.26. The van der Waals surface area contributed by atoms with Gasteiger partial charge in [-0.25, -0.2) is 5.01 Å². The number of aliphatic carboxylic acids is 1. The number of anilines is 1. The Kier molecular flexibility index (Phi) is 5.80. The molecule has 162 valence electrons. The smallest absolute Gasteiger partial charge is 0.303 e. The van der Waals surface area contributed by atoms with Gasteiger partial charge < -0.3 is 19.2 Å². The third-order valence-corrected chi connectivity index (χ3v) is 5.37. The molecule has 7 nitrogen and oxygen atoms in total. The summed E-state index contributed by atoms with van der Waals surface area (Å²) in [4.78, 5) is 16.6. The summed E-state index contributed by atoms with van der Waals surface area (Å²) in [6.45, 7) is 3.90. The van der Waals surface area contributed by atoms with E-state index in [9.17, 15) is 4.79 Å². The summed E-state index contributed by atoms with van der Waals surface area (Å²) in [6, 6.07) is 13.6. The van der Waals surface area contributed by atoms with Crippen LogP contribution in [0.25, 0.3) is 16.7 Å². The number of halogens is 1. The summed E-state index contributed by atoms with van der Waals surface area (Å²) in [5.41, 5.74) is 6.64. The van der Waals surface area contributed by atoms with Gasteiger partial charge in [-0.15, -0.1) is 0 Å². The highest BCUT2D eigenvalue weighted by Gasteiger charge is 2.19. The Morgan fingerprint density at radius 1 is 1.23 bits per heavy atom. The number of hydrogen-bond acceptors (Lipinski definition) is 5. The van der Waals surface area contributed by atoms with Crippen LogP contribution in [0.4, 0.5) is 5.69 Å². The second kappa shape index (κ2) is 8.53. The average molecular weight is 442 g/mol. The molecule has 0 saturated heterocycles. The van der Waals surface area contributed by atoms with E-state index in [1.165, 1.54) is 0 Å². The van der Waals surface area contributed by atoms with Crippen LogP contribution in [-0.2, 0) is 23.1 Å². The van der Waals surface area contributed by atoms with E-state index in [1.807, 2.05) is 74.1 Å². The molecule has 8 heteroatoms. The number of nitrogens with zero attached hydrogens (tertiary/aromatic N) is 2.